The SMILES string of the molecule is CC1CCC(NC(=O)CCC(CCN)C(C)(C)C)C(C)C1. The summed E-state index contributed by atoms with van der Waals surface area (Å²) in [6.07, 6.45) is 6.22. The molecule has 0 aromatic carbocycles. The average Bonchev–Trinajstić information content (AvgIpc) is 2.36. The van der Waals surface area contributed by atoms with E-state index in [1.165, 1.54) is 12.8 Å². The van der Waals surface area contributed by atoms with Gasteiger partial charge < -0.3 is 11.1 Å². The molecule has 0 aromatic heterocycles. The van der Waals surface area contributed by atoms with Crippen LogP contribution in [0.5, 0.6) is 0 Å². The Balaban J connectivity index is 2.39. The third-order valence-electron chi connectivity index (χ3n) is 5.24. The summed E-state index contributed by atoms with van der Waals surface area (Å²) in [5.41, 5.74) is 5.94. The van der Waals surface area contributed by atoms with Crippen LogP contribution in [0.15, 0.2) is 0 Å². The summed E-state index contributed by atoms with van der Waals surface area (Å²) in [5.74, 6) is 2.17. The molecule has 0 spiro atoms. The van der Waals surface area contributed by atoms with E-state index in [-0.39, 0.29) is 11.3 Å². The van der Waals surface area contributed by atoms with E-state index in [1.807, 2.05) is 0 Å². The van der Waals surface area contributed by atoms with Gasteiger partial charge in [-0.25, -0.2) is 0 Å². The normalized spacial score (nSPS) is 28.2. The average molecular weight is 296 g/mol. The van der Waals surface area contributed by atoms with Crippen LogP contribution in [0.1, 0.15) is 73.1 Å². The van der Waals surface area contributed by atoms with Gasteiger partial charge in [-0.15, -0.1) is 0 Å². The van der Waals surface area contributed by atoms with E-state index in [4.69, 9.17) is 5.73 Å². The molecule has 0 radical (unpaired) electrons. The molecule has 0 bridgehead atoms. The molecule has 21 heavy (non-hydrogen) atoms. The Kier molecular flexibility index (Phi) is 7.19. The molecule has 3 heteroatoms. The van der Waals surface area contributed by atoms with Gasteiger partial charge in [0.1, 0.15) is 0 Å². The van der Waals surface area contributed by atoms with E-state index in [9.17, 15) is 4.79 Å². The van der Waals surface area contributed by atoms with E-state index >= 15 is 0 Å². The standard InChI is InChI=1S/C18H36N2O/c1-13-6-8-16(14(2)12-13)20-17(21)9-7-15(10-11-19)18(3,4)5/h13-16H,6-12,19H2,1-5H3,(H,20,21). The van der Waals surface area contributed by atoms with Gasteiger partial charge in [0, 0.05) is 12.5 Å². The molecule has 1 saturated carbocycles. The maximum Gasteiger partial charge on any atom is 0.220 e. The van der Waals surface area contributed by atoms with Gasteiger partial charge in [-0.3, -0.25) is 4.79 Å². The number of carbonyl (C=O) groups is 1. The van der Waals surface area contributed by atoms with Gasteiger partial charge in [0.25, 0.3) is 0 Å². The van der Waals surface area contributed by atoms with Crippen molar-refractivity contribution in [2.45, 2.75) is 79.2 Å². The molecular formula is C18H36N2O. The first-order valence-electron chi connectivity index (χ1n) is 8.73. The summed E-state index contributed by atoms with van der Waals surface area (Å²) < 4.78 is 0. The summed E-state index contributed by atoms with van der Waals surface area (Å²) in [7, 11) is 0. The zero-order chi connectivity index (χ0) is 16.0. The van der Waals surface area contributed by atoms with E-state index in [2.05, 4.69) is 39.9 Å². The first kappa shape index (κ1) is 18.5. The highest BCUT2D eigenvalue weighted by atomic mass is 16.1. The number of amides is 1. The van der Waals surface area contributed by atoms with Crippen molar-refractivity contribution in [2.75, 3.05) is 6.54 Å². The topological polar surface area (TPSA) is 55.1 Å². The molecule has 1 fully saturated rings. The molecule has 3 N–H and O–H groups in total. The van der Waals surface area contributed by atoms with Crippen molar-refractivity contribution in [1.82, 2.24) is 5.32 Å². The highest BCUT2D eigenvalue weighted by Crippen LogP contribution is 2.32. The molecule has 1 aliphatic carbocycles. The van der Waals surface area contributed by atoms with Gasteiger partial charge in [0.05, 0.1) is 0 Å². The molecule has 4 atom stereocenters. The van der Waals surface area contributed by atoms with Crippen molar-refractivity contribution in [3.63, 3.8) is 0 Å². The monoisotopic (exact) mass is 296 g/mol. The van der Waals surface area contributed by atoms with Crippen LogP contribution in [0.25, 0.3) is 0 Å². The van der Waals surface area contributed by atoms with Gasteiger partial charge in [-0.2, -0.15) is 0 Å². The summed E-state index contributed by atoms with van der Waals surface area (Å²) in [5, 5.41) is 3.27. The first-order valence-corrected chi connectivity index (χ1v) is 8.73. The fourth-order valence-corrected chi connectivity index (χ4v) is 3.68. The molecule has 0 aliphatic heterocycles. The number of carbonyl (C=O) groups excluding carboxylic acids is 1. The van der Waals surface area contributed by atoms with Crippen LogP contribution in [-0.4, -0.2) is 18.5 Å². The lowest BCUT2D eigenvalue weighted by Crippen LogP contribution is -2.42. The molecule has 3 nitrogen and oxygen atoms in total. The minimum atomic E-state index is 0.229. The number of hydrogen-bond donors (Lipinski definition) is 2. The van der Waals surface area contributed by atoms with Crippen molar-refractivity contribution >= 4 is 5.91 Å². The quantitative estimate of drug-likeness (QED) is 0.785. The van der Waals surface area contributed by atoms with Crippen molar-refractivity contribution in [3.05, 3.63) is 0 Å². The summed E-state index contributed by atoms with van der Waals surface area (Å²) in [4.78, 5) is 12.2. The molecule has 0 aromatic rings. The first-order chi connectivity index (χ1) is 9.74. The van der Waals surface area contributed by atoms with E-state index < -0.39 is 0 Å². The van der Waals surface area contributed by atoms with Crippen molar-refractivity contribution < 1.29 is 4.79 Å². The third kappa shape index (κ3) is 6.37. The zero-order valence-corrected chi connectivity index (χ0v) is 14.7. The van der Waals surface area contributed by atoms with Crippen molar-refractivity contribution in [1.29, 1.82) is 0 Å². The largest absolute Gasteiger partial charge is 0.353 e. The number of hydrogen-bond acceptors (Lipinski definition) is 2. The predicted molar refractivity (Wildman–Crippen MR) is 90.0 cm³/mol. The van der Waals surface area contributed by atoms with Crippen LogP contribution in [0.4, 0.5) is 0 Å². The summed E-state index contributed by atoms with van der Waals surface area (Å²) >= 11 is 0. The fraction of sp³-hybridized carbons (Fsp3) is 0.944. The van der Waals surface area contributed by atoms with Gasteiger partial charge in [0.2, 0.25) is 5.91 Å². The Morgan fingerprint density at radius 2 is 1.90 bits per heavy atom. The van der Waals surface area contributed by atoms with Crippen LogP contribution < -0.4 is 11.1 Å². The van der Waals surface area contributed by atoms with Crippen LogP contribution in [-0.2, 0) is 4.79 Å². The number of nitrogens with two attached hydrogens (primary N) is 1. The zero-order valence-electron chi connectivity index (χ0n) is 14.7. The third-order valence-corrected chi connectivity index (χ3v) is 5.24. The van der Waals surface area contributed by atoms with Crippen molar-refractivity contribution in [3.8, 4) is 0 Å². The lowest BCUT2D eigenvalue weighted by molar-refractivity contribution is -0.122. The number of nitrogens with one attached hydrogen (secondary N) is 1. The number of rotatable bonds is 6. The molecule has 0 heterocycles. The Hall–Kier alpha value is -0.570. The predicted octanol–water partition coefficient (Wildman–Crippen LogP) is 3.72. The van der Waals surface area contributed by atoms with Crippen molar-refractivity contribution in [2.24, 2.45) is 28.9 Å². The molecular weight excluding hydrogens is 260 g/mol. The maximum atomic E-state index is 12.2. The second kappa shape index (κ2) is 8.17. The molecule has 1 rings (SSSR count). The summed E-state index contributed by atoms with van der Waals surface area (Å²) in [6.45, 7) is 12.0. The second-order valence-electron chi connectivity index (χ2n) is 8.25. The minimum absolute atomic E-state index is 0.229. The second-order valence-corrected chi connectivity index (χ2v) is 8.25. The molecule has 124 valence electrons. The van der Waals surface area contributed by atoms with Crippen LogP contribution >= 0.6 is 0 Å². The fourth-order valence-electron chi connectivity index (χ4n) is 3.68. The lowest BCUT2D eigenvalue weighted by Gasteiger charge is -2.34. The van der Waals surface area contributed by atoms with Crippen LogP contribution in [0, 0.1) is 23.2 Å². The molecule has 1 aliphatic rings. The summed E-state index contributed by atoms with van der Waals surface area (Å²) in [6, 6.07) is 0.385. The molecule has 1 amide bonds. The maximum absolute atomic E-state index is 12.2. The molecule has 4 unspecified atom stereocenters. The van der Waals surface area contributed by atoms with Crippen LogP contribution in [0.3, 0.4) is 0 Å². The smallest absolute Gasteiger partial charge is 0.220 e. The Bertz CT molecular complexity index is 322. The minimum Gasteiger partial charge on any atom is -0.353 e. The van der Waals surface area contributed by atoms with E-state index in [1.54, 1.807) is 0 Å². The highest BCUT2D eigenvalue weighted by molar-refractivity contribution is 5.76. The van der Waals surface area contributed by atoms with Crippen LogP contribution in [0.2, 0.25) is 0 Å². The highest BCUT2D eigenvalue weighted by Gasteiger charge is 2.28. The Labute approximate surface area is 131 Å². The Morgan fingerprint density at radius 1 is 1.24 bits per heavy atom. The van der Waals surface area contributed by atoms with Gasteiger partial charge >= 0.3 is 0 Å². The van der Waals surface area contributed by atoms with Gasteiger partial charge in [-0.05, 0) is 61.8 Å². The Morgan fingerprint density at radius 3 is 2.43 bits per heavy atom. The van der Waals surface area contributed by atoms with E-state index in [0.717, 1.165) is 25.2 Å². The molecule has 0 saturated heterocycles. The van der Waals surface area contributed by atoms with Gasteiger partial charge in [-0.1, -0.05) is 34.6 Å². The van der Waals surface area contributed by atoms with E-state index in [0.29, 0.717) is 30.8 Å². The lowest BCUT2D eigenvalue weighted by atomic mass is 9.76. The van der Waals surface area contributed by atoms with Gasteiger partial charge in [0.15, 0.2) is 0 Å².